The lowest BCUT2D eigenvalue weighted by molar-refractivity contribution is 0.405. The van der Waals surface area contributed by atoms with Gasteiger partial charge in [-0.05, 0) is 12.1 Å². The maximum Gasteiger partial charge on any atom is 0.198 e. The minimum Gasteiger partial charge on any atom is -0.451 e. The van der Waals surface area contributed by atoms with Gasteiger partial charge in [-0.3, -0.25) is 0 Å². The van der Waals surface area contributed by atoms with E-state index in [4.69, 9.17) is 22.1 Å². The van der Waals surface area contributed by atoms with Crippen LogP contribution in [0.2, 0.25) is 5.02 Å². The van der Waals surface area contributed by atoms with Gasteiger partial charge in [-0.1, -0.05) is 11.6 Å². The predicted octanol–water partition coefficient (Wildman–Crippen LogP) is 4.13. The number of rotatable bonds is 2. The van der Waals surface area contributed by atoms with Crippen LogP contribution in [0, 0.1) is 17.5 Å². The van der Waals surface area contributed by atoms with E-state index >= 15 is 0 Å². The van der Waals surface area contributed by atoms with Crippen molar-refractivity contribution in [3.63, 3.8) is 0 Å². The number of benzene rings is 2. The smallest absolute Gasteiger partial charge is 0.198 e. The van der Waals surface area contributed by atoms with Gasteiger partial charge in [-0.15, -0.1) is 0 Å². The van der Waals surface area contributed by atoms with Gasteiger partial charge >= 0.3 is 0 Å². The van der Waals surface area contributed by atoms with Crippen LogP contribution < -0.4 is 10.5 Å². The fourth-order valence-corrected chi connectivity index (χ4v) is 1.45. The Morgan fingerprint density at radius 1 is 0.944 bits per heavy atom. The van der Waals surface area contributed by atoms with Crippen LogP contribution in [0.4, 0.5) is 18.9 Å². The number of ether oxygens (including phenoxy) is 1. The highest BCUT2D eigenvalue weighted by molar-refractivity contribution is 6.30. The Balaban J connectivity index is 2.37. The Morgan fingerprint density at radius 3 is 2.11 bits per heavy atom. The lowest BCUT2D eigenvalue weighted by Crippen LogP contribution is -1.96. The van der Waals surface area contributed by atoms with Gasteiger partial charge in [0.1, 0.15) is 11.6 Å². The maximum absolute atomic E-state index is 13.4. The standard InChI is InChI=1S/C12H7ClF3NO/c13-8-2-1-7(5-9(8)14)18-12-10(15)3-6(17)4-11(12)16/h1-5H,17H2. The molecule has 0 aliphatic rings. The first-order chi connectivity index (χ1) is 8.47. The minimum absolute atomic E-state index is 0.0698. The van der Waals surface area contributed by atoms with E-state index in [9.17, 15) is 13.2 Å². The normalized spacial score (nSPS) is 10.4. The molecule has 2 aromatic carbocycles. The van der Waals surface area contributed by atoms with Crippen molar-refractivity contribution in [1.82, 2.24) is 0 Å². The molecule has 0 unspecified atom stereocenters. The fraction of sp³-hybridized carbons (Fsp3) is 0. The molecule has 0 amide bonds. The summed E-state index contributed by atoms with van der Waals surface area (Å²) in [5.41, 5.74) is 5.18. The van der Waals surface area contributed by atoms with Gasteiger partial charge in [-0.2, -0.15) is 0 Å². The fourth-order valence-electron chi connectivity index (χ4n) is 1.34. The molecule has 0 aliphatic carbocycles. The van der Waals surface area contributed by atoms with Gasteiger partial charge < -0.3 is 10.5 Å². The van der Waals surface area contributed by atoms with Crippen LogP contribution in [0.1, 0.15) is 0 Å². The molecular weight excluding hydrogens is 267 g/mol. The van der Waals surface area contributed by atoms with Crippen LogP contribution in [0.25, 0.3) is 0 Å². The molecule has 2 aromatic rings. The Bertz CT molecular complexity index is 581. The average Bonchev–Trinajstić information content (AvgIpc) is 2.28. The first kappa shape index (κ1) is 12.6. The van der Waals surface area contributed by atoms with Gasteiger partial charge in [0.2, 0.25) is 0 Å². The van der Waals surface area contributed by atoms with Gasteiger partial charge in [-0.25, -0.2) is 13.2 Å². The summed E-state index contributed by atoms with van der Waals surface area (Å²) in [6.07, 6.45) is 0. The molecule has 0 aliphatic heterocycles. The van der Waals surface area contributed by atoms with E-state index < -0.39 is 23.2 Å². The van der Waals surface area contributed by atoms with E-state index in [1.165, 1.54) is 12.1 Å². The van der Waals surface area contributed by atoms with E-state index in [0.29, 0.717) is 0 Å². The summed E-state index contributed by atoms with van der Waals surface area (Å²) < 4.78 is 44.9. The highest BCUT2D eigenvalue weighted by Crippen LogP contribution is 2.30. The summed E-state index contributed by atoms with van der Waals surface area (Å²) in [4.78, 5) is 0. The van der Waals surface area contributed by atoms with Crippen molar-refractivity contribution in [2.75, 3.05) is 5.73 Å². The molecule has 0 bridgehead atoms. The van der Waals surface area contributed by atoms with Crippen molar-refractivity contribution < 1.29 is 17.9 Å². The molecule has 6 heteroatoms. The molecule has 2 rings (SSSR count). The number of nitrogens with two attached hydrogens (primary N) is 1. The summed E-state index contributed by atoms with van der Waals surface area (Å²) in [7, 11) is 0. The van der Waals surface area contributed by atoms with Crippen molar-refractivity contribution in [2.45, 2.75) is 0 Å². The van der Waals surface area contributed by atoms with Crippen LogP contribution in [0.3, 0.4) is 0 Å². The van der Waals surface area contributed by atoms with Crippen molar-refractivity contribution in [3.05, 3.63) is 52.8 Å². The Kier molecular flexibility index (Phi) is 3.34. The lowest BCUT2D eigenvalue weighted by Gasteiger charge is -2.09. The number of anilines is 1. The van der Waals surface area contributed by atoms with E-state index in [1.54, 1.807) is 0 Å². The molecule has 0 aromatic heterocycles. The van der Waals surface area contributed by atoms with Gasteiger partial charge in [0, 0.05) is 23.9 Å². The molecule has 0 fully saturated rings. The largest absolute Gasteiger partial charge is 0.451 e. The van der Waals surface area contributed by atoms with Crippen molar-refractivity contribution in [2.24, 2.45) is 0 Å². The molecule has 0 heterocycles. The Morgan fingerprint density at radius 2 is 1.56 bits per heavy atom. The summed E-state index contributed by atoms with van der Waals surface area (Å²) >= 11 is 5.47. The van der Waals surface area contributed by atoms with Gasteiger partial charge in [0.25, 0.3) is 0 Å². The minimum atomic E-state index is -0.970. The second kappa shape index (κ2) is 4.78. The lowest BCUT2D eigenvalue weighted by atomic mass is 10.2. The molecule has 2 N–H and O–H groups in total. The molecule has 18 heavy (non-hydrogen) atoms. The Labute approximate surface area is 106 Å². The monoisotopic (exact) mass is 273 g/mol. The number of nitrogen functional groups attached to an aromatic ring is 1. The second-order valence-corrected chi connectivity index (χ2v) is 3.90. The van der Waals surface area contributed by atoms with E-state index in [1.807, 2.05) is 0 Å². The van der Waals surface area contributed by atoms with Crippen LogP contribution in [0.5, 0.6) is 11.5 Å². The summed E-state index contributed by atoms with van der Waals surface area (Å²) in [6, 6.07) is 5.26. The van der Waals surface area contributed by atoms with Gasteiger partial charge in [0.05, 0.1) is 5.02 Å². The van der Waals surface area contributed by atoms with E-state index in [0.717, 1.165) is 18.2 Å². The molecule has 0 atom stereocenters. The van der Waals surface area contributed by atoms with E-state index in [2.05, 4.69) is 0 Å². The Hall–Kier alpha value is -1.88. The molecule has 2 nitrogen and oxygen atoms in total. The third kappa shape index (κ3) is 2.51. The highest BCUT2D eigenvalue weighted by atomic mass is 35.5. The van der Waals surface area contributed by atoms with Crippen molar-refractivity contribution in [3.8, 4) is 11.5 Å². The quantitative estimate of drug-likeness (QED) is 0.835. The first-order valence-electron chi connectivity index (χ1n) is 4.85. The van der Waals surface area contributed by atoms with Crippen LogP contribution in [-0.2, 0) is 0 Å². The summed E-state index contributed by atoms with van der Waals surface area (Å²) in [5, 5.41) is -0.111. The molecule has 94 valence electrons. The van der Waals surface area contributed by atoms with Crippen molar-refractivity contribution >= 4 is 17.3 Å². The number of halogens is 4. The molecular formula is C12H7ClF3NO. The zero-order valence-corrected chi connectivity index (χ0v) is 9.64. The maximum atomic E-state index is 13.4. The molecule has 0 radical (unpaired) electrons. The van der Waals surface area contributed by atoms with Crippen LogP contribution in [0.15, 0.2) is 30.3 Å². The van der Waals surface area contributed by atoms with Crippen molar-refractivity contribution in [1.29, 1.82) is 0 Å². The third-order valence-corrected chi connectivity index (χ3v) is 2.44. The van der Waals surface area contributed by atoms with Gasteiger partial charge in [0.15, 0.2) is 17.4 Å². The summed E-state index contributed by atoms with van der Waals surface area (Å²) in [6.45, 7) is 0. The second-order valence-electron chi connectivity index (χ2n) is 3.49. The topological polar surface area (TPSA) is 35.2 Å². The highest BCUT2D eigenvalue weighted by Gasteiger charge is 2.13. The molecule has 0 saturated heterocycles. The third-order valence-electron chi connectivity index (χ3n) is 2.13. The number of hydrogen-bond donors (Lipinski definition) is 1. The molecule has 0 saturated carbocycles. The average molecular weight is 274 g/mol. The summed E-state index contributed by atoms with van der Waals surface area (Å²) in [5.74, 6) is -3.40. The SMILES string of the molecule is Nc1cc(F)c(Oc2ccc(Cl)c(F)c2)c(F)c1. The number of hydrogen-bond acceptors (Lipinski definition) is 2. The first-order valence-corrected chi connectivity index (χ1v) is 5.22. The molecule has 0 spiro atoms. The van der Waals surface area contributed by atoms with E-state index in [-0.39, 0.29) is 16.5 Å². The van der Waals surface area contributed by atoms with Crippen LogP contribution >= 0.6 is 11.6 Å². The zero-order valence-electron chi connectivity index (χ0n) is 8.88. The van der Waals surface area contributed by atoms with Crippen LogP contribution in [-0.4, -0.2) is 0 Å². The zero-order chi connectivity index (χ0) is 13.3. The predicted molar refractivity (Wildman–Crippen MR) is 62.3 cm³/mol.